The van der Waals surface area contributed by atoms with Crippen molar-refractivity contribution in [2.75, 3.05) is 0 Å². The quantitative estimate of drug-likeness (QED) is 0.256. The van der Waals surface area contributed by atoms with Crippen LogP contribution < -0.4 is 0 Å². The number of allylic oxidation sites excluding steroid dienone is 2. The van der Waals surface area contributed by atoms with Crippen LogP contribution in [0.25, 0.3) is 11.3 Å². The highest BCUT2D eigenvalue weighted by Crippen LogP contribution is 2.65. The number of nitro benzene ring substituents is 1. The number of benzene rings is 1. The van der Waals surface area contributed by atoms with Crippen LogP contribution in [-0.4, -0.2) is 28.0 Å². The van der Waals surface area contributed by atoms with Crippen molar-refractivity contribution < 1.29 is 18.9 Å². The molecule has 0 radical (unpaired) electrons. The van der Waals surface area contributed by atoms with Gasteiger partial charge in [-0.05, 0) is 42.2 Å². The summed E-state index contributed by atoms with van der Waals surface area (Å²) in [6.07, 6.45) is 6.71. The summed E-state index contributed by atoms with van der Waals surface area (Å²) in [6, 6.07) is 9.44. The average molecular weight is 403 g/mol. The fourth-order valence-electron chi connectivity index (χ4n) is 5.52. The Kier molecular flexibility index (Phi) is 3.45. The zero-order chi connectivity index (χ0) is 20.6. The molecule has 1 saturated heterocycles. The molecule has 2 aromatic rings. The molecule has 2 bridgehead atoms. The molecular formula is C22H17N3O5. The fraction of sp³-hybridized carbons (Fsp3) is 0.318. The number of hydrogen-bond donors (Lipinski definition) is 0. The summed E-state index contributed by atoms with van der Waals surface area (Å²) in [4.78, 5) is 36.3. The first-order valence-corrected chi connectivity index (χ1v) is 9.98. The molecular weight excluding hydrogens is 386 g/mol. The van der Waals surface area contributed by atoms with Gasteiger partial charge in [-0.25, -0.2) is 0 Å². The fourth-order valence-corrected chi connectivity index (χ4v) is 5.52. The number of rotatable bonds is 4. The summed E-state index contributed by atoms with van der Waals surface area (Å²) in [5.41, 5.74) is 0.529. The summed E-state index contributed by atoms with van der Waals surface area (Å²) >= 11 is 0. The lowest BCUT2D eigenvalue weighted by Crippen LogP contribution is -2.40. The van der Waals surface area contributed by atoms with Gasteiger partial charge in [0.05, 0.1) is 23.0 Å². The van der Waals surface area contributed by atoms with Gasteiger partial charge in [-0.3, -0.25) is 19.7 Å². The van der Waals surface area contributed by atoms with Gasteiger partial charge in [-0.15, -0.1) is 0 Å². The van der Waals surface area contributed by atoms with Gasteiger partial charge in [0.25, 0.3) is 17.5 Å². The number of non-ortho nitro benzene ring substituents is 1. The van der Waals surface area contributed by atoms with Crippen LogP contribution in [0, 0.1) is 45.6 Å². The standard InChI is InChI=1S/C22H17N3O5/c26-21-19-14-5-6-15(17-9-16(14)17)20(19)22(27)24(21)23-10-13-4-7-18(30-13)11-2-1-3-12(8-11)25(28)29/h1-8,10,14-17,19-20H,9H2/b23-10+/t14-,15-,16-,17-,19+,20+/m1/s1. The Morgan fingerprint density at radius 1 is 1.07 bits per heavy atom. The molecule has 4 aliphatic carbocycles. The van der Waals surface area contributed by atoms with Crippen molar-refractivity contribution >= 4 is 23.7 Å². The largest absolute Gasteiger partial charge is 0.455 e. The third-order valence-corrected chi connectivity index (χ3v) is 6.91. The maximum Gasteiger partial charge on any atom is 0.270 e. The van der Waals surface area contributed by atoms with Crippen LogP contribution in [0.5, 0.6) is 0 Å². The van der Waals surface area contributed by atoms with Crippen molar-refractivity contribution in [2.45, 2.75) is 6.42 Å². The van der Waals surface area contributed by atoms with E-state index in [0.717, 1.165) is 11.4 Å². The SMILES string of the molecule is O=C1[C@H]2[C@@H]3C=C[C@H]([C@H]4C[C@H]34)[C@@H]2C(=O)N1/N=C/c1ccc(-c2cccc([N+](=O)[O-])c2)o1. The van der Waals surface area contributed by atoms with E-state index in [2.05, 4.69) is 17.3 Å². The number of carbonyl (C=O) groups excluding carboxylic acids is 2. The van der Waals surface area contributed by atoms with Gasteiger partial charge >= 0.3 is 0 Å². The number of hydrazone groups is 1. The zero-order valence-corrected chi connectivity index (χ0v) is 15.8. The van der Waals surface area contributed by atoms with E-state index in [9.17, 15) is 19.7 Å². The number of furan rings is 1. The highest BCUT2D eigenvalue weighted by atomic mass is 16.6. The van der Waals surface area contributed by atoms with E-state index in [0.29, 0.717) is 28.9 Å². The molecule has 150 valence electrons. The topological polar surface area (TPSA) is 106 Å². The molecule has 1 aromatic heterocycles. The Morgan fingerprint density at radius 2 is 1.77 bits per heavy atom. The van der Waals surface area contributed by atoms with Gasteiger partial charge in [0.2, 0.25) is 0 Å². The highest BCUT2D eigenvalue weighted by Gasteiger charge is 2.67. The minimum Gasteiger partial charge on any atom is -0.455 e. The summed E-state index contributed by atoms with van der Waals surface area (Å²) in [5, 5.41) is 16.1. The van der Waals surface area contributed by atoms with Crippen LogP contribution in [0.3, 0.4) is 0 Å². The number of hydrogen-bond acceptors (Lipinski definition) is 6. The Morgan fingerprint density at radius 3 is 2.43 bits per heavy atom. The lowest BCUT2D eigenvalue weighted by atomic mass is 9.63. The van der Waals surface area contributed by atoms with Gasteiger partial charge in [-0.2, -0.15) is 10.1 Å². The van der Waals surface area contributed by atoms with Crippen LogP contribution in [0.4, 0.5) is 5.69 Å². The summed E-state index contributed by atoms with van der Waals surface area (Å²) in [5.74, 6) is 1.18. The van der Waals surface area contributed by atoms with Gasteiger partial charge in [0, 0.05) is 17.7 Å². The van der Waals surface area contributed by atoms with Crippen LogP contribution in [0.2, 0.25) is 0 Å². The van der Waals surface area contributed by atoms with E-state index < -0.39 is 4.92 Å². The normalized spacial score (nSPS) is 33.3. The third kappa shape index (κ3) is 2.36. The molecule has 5 aliphatic rings. The molecule has 2 saturated carbocycles. The smallest absolute Gasteiger partial charge is 0.270 e. The Hall–Kier alpha value is -3.55. The predicted octanol–water partition coefficient (Wildman–Crippen LogP) is 3.24. The molecule has 2 amide bonds. The molecule has 7 rings (SSSR count). The Labute approximate surface area is 171 Å². The Bertz CT molecular complexity index is 1130. The molecule has 30 heavy (non-hydrogen) atoms. The first-order valence-electron chi connectivity index (χ1n) is 9.98. The molecule has 0 unspecified atom stereocenters. The van der Waals surface area contributed by atoms with Crippen LogP contribution in [0.1, 0.15) is 12.2 Å². The maximum absolute atomic E-state index is 12.9. The first kappa shape index (κ1) is 17.3. The number of imide groups is 1. The maximum atomic E-state index is 12.9. The van der Waals surface area contributed by atoms with E-state index in [4.69, 9.17) is 4.42 Å². The predicted molar refractivity (Wildman–Crippen MR) is 105 cm³/mol. The lowest BCUT2D eigenvalue weighted by Gasteiger charge is -2.37. The summed E-state index contributed by atoms with van der Waals surface area (Å²) < 4.78 is 5.70. The van der Waals surface area contributed by atoms with Crippen molar-refractivity contribution in [1.29, 1.82) is 0 Å². The van der Waals surface area contributed by atoms with E-state index in [-0.39, 0.29) is 41.2 Å². The Balaban J connectivity index is 1.24. The molecule has 1 aromatic carbocycles. The average Bonchev–Trinajstić information content (AvgIpc) is 3.39. The van der Waals surface area contributed by atoms with Crippen LogP contribution in [0.15, 0.2) is 58.1 Å². The second-order valence-corrected chi connectivity index (χ2v) is 8.40. The van der Waals surface area contributed by atoms with Gasteiger partial charge in [-0.1, -0.05) is 24.3 Å². The molecule has 2 heterocycles. The minimum absolute atomic E-state index is 0.0312. The van der Waals surface area contributed by atoms with Crippen molar-refractivity contribution in [1.82, 2.24) is 5.01 Å². The molecule has 0 spiro atoms. The van der Waals surface area contributed by atoms with Crippen LogP contribution >= 0.6 is 0 Å². The highest BCUT2D eigenvalue weighted by molar-refractivity contribution is 6.06. The van der Waals surface area contributed by atoms with Crippen LogP contribution in [-0.2, 0) is 9.59 Å². The van der Waals surface area contributed by atoms with Crippen molar-refractivity contribution in [3.05, 3.63) is 64.4 Å². The minimum atomic E-state index is -0.467. The second kappa shape index (κ2) is 5.98. The lowest BCUT2D eigenvalue weighted by molar-refractivity contribution is -0.384. The third-order valence-electron chi connectivity index (χ3n) is 6.91. The molecule has 1 aliphatic heterocycles. The molecule has 6 atom stereocenters. The molecule has 3 fully saturated rings. The van der Waals surface area contributed by atoms with Gasteiger partial charge in [0.1, 0.15) is 11.5 Å². The molecule has 8 nitrogen and oxygen atoms in total. The number of amides is 2. The summed E-state index contributed by atoms with van der Waals surface area (Å²) in [7, 11) is 0. The van der Waals surface area contributed by atoms with E-state index in [1.807, 2.05) is 0 Å². The monoisotopic (exact) mass is 403 g/mol. The van der Waals surface area contributed by atoms with Gasteiger partial charge < -0.3 is 4.42 Å². The van der Waals surface area contributed by atoms with Crippen molar-refractivity contribution in [3.8, 4) is 11.3 Å². The van der Waals surface area contributed by atoms with Crippen molar-refractivity contribution in [3.63, 3.8) is 0 Å². The van der Waals surface area contributed by atoms with Gasteiger partial charge in [0.15, 0.2) is 0 Å². The van der Waals surface area contributed by atoms with E-state index in [1.165, 1.54) is 18.3 Å². The molecule has 0 N–H and O–H groups in total. The number of nitro groups is 1. The van der Waals surface area contributed by atoms with E-state index in [1.54, 1.807) is 24.3 Å². The molecule has 8 heteroatoms. The second-order valence-electron chi connectivity index (χ2n) is 8.40. The number of nitrogens with zero attached hydrogens (tertiary/aromatic N) is 3. The van der Waals surface area contributed by atoms with E-state index >= 15 is 0 Å². The number of carbonyl (C=O) groups is 2. The summed E-state index contributed by atoms with van der Waals surface area (Å²) in [6.45, 7) is 0. The van der Waals surface area contributed by atoms with Crippen molar-refractivity contribution in [2.24, 2.45) is 40.6 Å². The zero-order valence-electron chi connectivity index (χ0n) is 15.8. The first-order chi connectivity index (χ1) is 14.5.